The Morgan fingerprint density at radius 3 is 2.74 bits per heavy atom. The Labute approximate surface area is 115 Å². The predicted octanol–water partition coefficient (Wildman–Crippen LogP) is 1.66. The number of ether oxygens (including phenoxy) is 2. The van der Waals surface area contributed by atoms with Gasteiger partial charge in [0.1, 0.15) is 5.78 Å². The van der Waals surface area contributed by atoms with Crippen LogP contribution in [-0.2, 0) is 14.3 Å². The highest BCUT2D eigenvalue weighted by Crippen LogP contribution is 2.44. The molecule has 0 aromatic rings. The molecular formula is C15H25NO3. The zero-order valence-electron chi connectivity index (χ0n) is 11.8. The third-order valence-electron chi connectivity index (χ3n) is 5.52. The van der Waals surface area contributed by atoms with Gasteiger partial charge in [-0.15, -0.1) is 0 Å². The molecule has 2 saturated heterocycles. The normalized spacial score (nSPS) is 46.8. The molecule has 0 aromatic carbocycles. The molecule has 4 heteroatoms. The second kappa shape index (κ2) is 4.83. The highest BCUT2D eigenvalue weighted by Gasteiger charge is 2.49. The van der Waals surface area contributed by atoms with Crippen LogP contribution in [-0.4, -0.2) is 37.2 Å². The van der Waals surface area contributed by atoms with Crippen molar-refractivity contribution in [3.05, 3.63) is 0 Å². The van der Waals surface area contributed by atoms with E-state index in [9.17, 15) is 4.79 Å². The highest BCUT2D eigenvalue weighted by molar-refractivity contribution is 5.88. The zero-order valence-corrected chi connectivity index (χ0v) is 11.8. The van der Waals surface area contributed by atoms with Crippen molar-refractivity contribution in [3.63, 3.8) is 0 Å². The van der Waals surface area contributed by atoms with Crippen molar-refractivity contribution in [2.75, 3.05) is 19.8 Å². The first-order valence-corrected chi connectivity index (χ1v) is 7.57. The predicted molar refractivity (Wildman–Crippen MR) is 71.8 cm³/mol. The van der Waals surface area contributed by atoms with Gasteiger partial charge in [-0.2, -0.15) is 0 Å². The number of carbonyl (C=O) groups is 1. The third kappa shape index (κ3) is 2.24. The third-order valence-corrected chi connectivity index (χ3v) is 5.52. The van der Waals surface area contributed by atoms with E-state index in [0.717, 1.165) is 45.1 Å². The number of rotatable bonds is 2. The minimum Gasteiger partial charge on any atom is -0.378 e. The van der Waals surface area contributed by atoms with E-state index in [0.29, 0.717) is 19.0 Å². The SMILES string of the molecule is CC1(C(=O)C2CCOC3(CCOC3)C2)CCCC1N. The molecule has 0 radical (unpaired) electrons. The van der Waals surface area contributed by atoms with Gasteiger partial charge >= 0.3 is 0 Å². The zero-order chi connectivity index (χ0) is 13.5. The molecule has 2 aliphatic heterocycles. The maximum absolute atomic E-state index is 12.9. The number of ketones is 1. The Bertz CT molecular complexity index is 364. The van der Waals surface area contributed by atoms with Gasteiger partial charge < -0.3 is 15.2 Å². The molecule has 2 N–H and O–H groups in total. The maximum atomic E-state index is 12.9. The van der Waals surface area contributed by atoms with Gasteiger partial charge in [0.25, 0.3) is 0 Å². The van der Waals surface area contributed by atoms with E-state index >= 15 is 0 Å². The summed E-state index contributed by atoms with van der Waals surface area (Å²) in [7, 11) is 0. The average molecular weight is 267 g/mol. The van der Waals surface area contributed by atoms with Gasteiger partial charge in [-0.05, 0) is 25.7 Å². The van der Waals surface area contributed by atoms with E-state index < -0.39 is 0 Å². The fraction of sp³-hybridized carbons (Fsp3) is 0.933. The van der Waals surface area contributed by atoms with E-state index in [4.69, 9.17) is 15.2 Å². The lowest BCUT2D eigenvalue weighted by Gasteiger charge is -2.40. The molecule has 3 aliphatic rings. The van der Waals surface area contributed by atoms with E-state index in [-0.39, 0.29) is 23.0 Å². The summed E-state index contributed by atoms with van der Waals surface area (Å²) in [5.74, 6) is 0.497. The molecule has 0 bridgehead atoms. The second-order valence-corrected chi connectivity index (χ2v) is 6.80. The summed E-state index contributed by atoms with van der Waals surface area (Å²) in [4.78, 5) is 12.9. The lowest BCUT2D eigenvalue weighted by atomic mass is 9.71. The number of carbonyl (C=O) groups excluding carboxylic acids is 1. The van der Waals surface area contributed by atoms with Gasteiger partial charge in [0, 0.05) is 37.0 Å². The van der Waals surface area contributed by atoms with Crippen LogP contribution < -0.4 is 5.73 Å². The largest absolute Gasteiger partial charge is 0.378 e. The summed E-state index contributed by atoms with van der Waals surface area (Å²) in [6.45, 7) is 4.17. The van der Waals surface area contributed by atoms with Crippen LogP contribution in [0.5, 0.6) is 0 Å². The number of hydrogen-bond donors (Lipinski definition) is 1. The van der Waals surface area contributed by atoms with Crippen molar-refractivity contribution in [1.82, 2.24) is 0 Å². The topological polar surface area (TPSA) is 61.5 Å². The van der Waals surface area contributed by atoms with Gasteiger partial charge in [0.05, 0.1) is 12.2 Å². The Kier molecular flexibility index (Phi) is 3.44. The van der Waals surface area contributed by atoms with Crippen LogP contribution in [0.4, 0.5) is 0 Å². The van der Waals surface area contributed by atoms with Gasteiger partial charge in [-0.1, -0.05) is 13.3 Å². The number of Topliss-reactive ketones (excluding diaryl/α,β-unsaturated/α-hetero) is 1. The molecule has 1 spiro atoms. The Hall–Kier alpha value is -0.450. The van der Waals surface area contributed by atoms with Gasteiger partial charge in [0.2, 0.25) is 0 Å². The Morgan fingerprint density at radius 1 is 1.26 bits per heavy atom. The molecule has 1 aliphatic carbocycles. The monoisotopic (exact) mass is 267 g/mol. The summed E-state index contributed by atoms with van der Waals surface area (Å²) in [5.41, 5.74) is 5.70. The molecule has 108 valence electrons. The molecule has 1 saturated carbocycles. The molecule has 4 unspecified atom stereocenters. The molecule has 3 rings (SSSR count). The van der Waals surface area contributed by atoms with Gasteiger partial charge in [-0.3, -0.25) is 4.79 Å². The molecule has 0 amide bonds. The van der Waals surface area contributed by atoms with E-state index in [1.54, 1.807) is 0 Å². The Morgan fingerprint density at radius 2 is 2.11 bits per heavy atom. The van der Waals surface area contributed by atoms with Crippen LogP contribution in [0.1, 0.15) is 45.4 Å². The van der Waals surface area contributed by atoms with Crippen LogP contribution in [0.2, 0.25) is 0 Å². The lowest BCUT2D eigenvalue weighted by Crippen LogP contribution is -2.49. The average Bonchev–Trinajstić information content (AvgIpc) is 2.98. The number of nitrogens with two attached hydrogens (primary N) is 1. The summed E-state index contributed by atoms with van der Waals surface area (Å²) in [6, 6.07) is 0.0404. The van der Waals surface area contributed by atoms with Crippen molar-refractivity contribution >= 4 is 5.78 Å². The minimum absolute atomic E-state index is 0.0404. The van der Waals surface area contributed by atoms with Crippen LogP contribution in [0.3, 0.4) is 0 Å². The minimum atomic E-state index is -0.303. The molecule has 4 nitrogen and oxygen atoms in total. The van der Waals surface area contributed by atoms with Crippen LogP contribution >= 0.6 is 0 Å². The summed E-state index contributed by atoms with van der Waals surface area (Å²) >= 11 is 0. The van der Waals surface area contributed by atoms with Crippen molar-refractivity contribution in [1.29, 1.82) is 0 Å². The molecule has 19 heavy (non-hydrogen) atoms. The summed E-state index contributed by atoms with van der Waals surface area (Å²) < 4.78 is 11.4. The molecule has 4 atom stereocenters. The standard InChI is InChI=1S/C15H25NO3/c1-14(5-2-3-12(14)16)13(17)11-4-7-19-15(9-11)6-8-18-10-15/h11-12H,2-10,16H2,1H3. The van der Waals surface area contributed by atoms with Crippen molar-refractivity contribution in [3.8, 4) is 0 Å². The number of hydrogen-bond acceptors (Lipinski definition) is 4. The fourth-order valence-electron chi connectivity index (χ4n) is 4.08. The first kappa shape index (κ1) is 13.5. The second-order valence-electron chi connectivity index (χ2n) is 6.80. The van der Waals surface area contributed by atoms with Gasteiger partial charge in [-0.25, -0.2) is 0 Å². The molecule has 3 fully saturated rings. The van der Waals surface area contributed by atoms with E-state index in [1.165, 1.54) is 0 Å². The quantitative estimate of drug-likeness (QED) is 0.826. The molecule has 0 aromatic heterocycles. The smallest absolute Gasteiger partial charge is 0.143 e. The van der Waals surface area contributed by atoms with Crippen LogP contribution in [0, 0.1) is 11.3 Å². The van der Waals surface area contributed by atoms with E-state index in [1.807, 2.05) is 0 Å². The fourth-order valence-corrected chi connectivity index (χ4v) is 4.08. The molecule has 2 heterocycles. The van der Waals surface area contributed by atoms with Gasteiger partial charge in [0.15, 0.2) is 0 Å². The van der Waals surface area contributed by atoms with Crippen molar-refractivity contribution in [2.24, 2.45) is 17.1 Å². The summed E-state index contributed by atoms with van der Waals surface area (Å²) in [5, 5.41) is 0. The maximum Gasteiger partial charge on any atom is 0.143 e. The van der Waals surface area contributed by atoms with Crippen molar-refractivity contribution in [2.45, 2.75) is 57.1 Å². The Balaban J connectivity index is 1.73. The summed E-state index contributed by atoms with van der Waals surface area (Å²) in [6.07, 6.45) is 5.63. The first-order chi connectivity index (χ1) is 9.06. The van der Waals surface area contributed by atoms with E-state index in [2.05, 4.69) is 6.92 Å². The first-order valence-electron chi connectivity index (χ1n) is 7.57. The van der Waals surface area contributed by atoms with Crippen LogP contribution in [0.15, 0.2) is 0 Å². The molecular weight excluding hydrogens is 242 g/mol. The highest BCUT2D eigenvalue weighted by atomic mass is 16.6. The van der Waals surface area contributed by atoms with Crippen LogP contribution in [0.25, 0.3) is 0 Å². The van der Waals surface area contributed by atoms with Crippen molar-refractivity contribution < 1.29 is 14.3 Å². The lowest BCUT2D eigenvalue weighted by molar-refractivity contribution is -0.145.